The van der Waals surface area contributed by atoms with Gasteiger partial charge in [0.25, 0.3) is 0 Å². The van der Waals surface area contributed by atoms with Crippen LogP contribution in [-0.2, 0) is 4.79 Å². The molecule has 0 saturated carbocycles. The molecule has 0 spiro atoms. The topological polar surface area (TPSA) is 55.1 Å². The van der Waals surface area contributed by atoms with Crippen LogP contribution >= 0.6 is 0 Å². The van der Waals surface area contributed by atoms with Crippen LogP contribution < -0.4 is 11.1 Å². The van der Waals surface area contributed by atoms with Crippen LogP contribution in [-0.4, -0.2) is 18.0 Å². The standard InChI is InChI=1S/C10H22N2O/c1-5-8(11)10(13)12-9(6-2)7(3)4/h7-9H,5-6,11H2,1-4H3,(H,12,13). The number of amides is 1. The van der Waals surface area contributed by atoms with E-state index < -0.39 is 0 Å². The van der Waals surface area contributed by atoms with E-state index in [1.54, 1.807) is 0 Å². The zero-order valence-corrected chi connectivity index (χ0v) is 9.13. The largest absolute Gasteiger partial charge is 0.352 e. The Labute approximate surface area is 81.1 Å². The number of carbonyl (C=O) groups is 1. The van der Waals surface area contributed by atoms with Gasteiger partial charge in [-0.05, 0) is 18.8 Å². The highest BCUT2D eigenvalue weighted by molar-refractivity contribution is 5.81. The minimum atomic E-state index is -0.354. The summed E-state index contributed by atoms with van der Waals surface area (Å²) in [4.78, 5) is 11.4. The lowest BCUT2D eigenvalue weighted by Gasteiger charge is -2.22. The van der Waals surface area contributed by atoms with Crippen molar-refractivity contribution >= 4 is 5.91 Å². The van der Waals surface area contributed by atoms with E-state index in [0.29, 0.717) is 12.3 Å². The monoisotopic (exact) mass is 186 g/mol. The van der Waals surface area contributed by atoms with E-state index in [-0.39, 0.29) is 18.0 Å². The van der Waals surface area contributed by atoms with E-state index in [1.807, 2.05) is 6.92 Å². The second-order valence-electron chi connectivity index (χ2n) is 3.78. The van der Waals surface area contributed by atoms with Crippen LogP contribution in [0.3, 0.4) is 0 Å². The lowest BCUT2D eigenvalue weighted by atomic mass is 10.0. The first kappa shape index (κ1) is 12.4. The van der Waals surface area contributed by atoms with E-state index in [2.05, 4.69) is 26.1 Å². The van der Waals surface area contributed by atoms with Gasteiger partial charge < -0.3 is 11.1 Å². The second kappa shape index (κ2) is 5.97. The first-order valence-corrected chi connectivity index (χ1v) is 5.08. The third-order valence-electron chi connectivity index (χ3n) is 2.35. The first-order valence-electron chi connectivity index (χ1n) is 5.08. The van der Waals surface area contributed by atoms with E-state index in [0.717, 1.165) is 6.42 Å². The fraction of sp³-hybridized carbons (Fsp3) is 0.900. The molecular formula is C10H22N2O. The highest BCUT2D eigenvalue weighted by Crippen LogP contribution is 2.05. The van der Waals surface area contributed by atoms with Gasteiger partial charge in [-0.1, -0.05) is 27.7 Å². The van der Waals surface area contributed by atoms with Gasteiger partial charge in [-0.15, -0.1) is 0 Å². The summed E-state index contributed by atoms with van der Waals surface area (Å²) in [5.74, 6) is 0.445. The van der Waals surface area contributed by atoms with Crippen molar-refractivity contribution in [1.29, 1.82) is 0 Å². The Balaban J connectivity index is 4.01. The highest BCUT2D eigenvalue weighted by Gasteiger charge is 2.17. The van der Waals surface area contributed by atoms with Gasteiger partial charge in [0.1, 0.15) is 0 Å². The van der Waals surface area contributed by atoms with Crippen molar-refractivity contribution in [2.75, 3.05) is 0 Å². The maximum Gasteiger partial charge on any atom is 0.237 e. The first-order chi connectivity index (χ1) is 6.02. The van der Waals surface area contributed by atoms with Crippen molar-refractivity contribution in [3.05, 3.63) is 0 Å². The lowest BCUT2D eigenvalue weighted by molar-refractivity contribution is -0.123. The molecule has 2 atom stereocenters. The molecule has 13 heavy (non-hydrogen) atoms. The van der Waals surface area contributed by atoms with Crippen molar-refractivity contribution in [3.8, 4) is 0 Å². The molecule has 3 nitrogen and oxygen atoms in total. The molecule has 0 radical (unpaired) electrons. The Morgan fingerprint density at radius 1 is 1.31 bits per heavy atom. The zero-order valence-electron chi connectivity index (χ0n) is 9.13. The summed E-state index contributed by atoms with van der Waals surface area (Å²) in [6, 6.07) is -0.0992. The number of nitrogens with one attached hydrogen (secondary N) is 1. The van der Waals surface area contributed by atoms with Crippen LogP contribution in [0.2, 0.25) is 0 Å². The van der Waals surface area contributed by atoms with Crippen LogP contribution in [0.5, 0.6) is 0 Å². The SMILES string of the molecule is CCC(N)C(=O)NC(CC)C(C)C. The molecule has 2 unspecified atom stereocenters. The van der Waals surface area contributed by atoms with Gasteiger partial charge >= 0.3 is 0 Å². The molecule has 0 aliphatic carbocycles. The average molecular weight is 186 g/mol. The number of nitrogens with two attached hydrogens (primary N) is 1. The van der Waals surface area contributed by atoms with Gasteiger partial charge in [-0.25, -0.2) is 0 Å². The Morgan fingerprint density at radius 2 is 1.85 bits per heavy atom. The van der Waals surface area contributed by atoms with Gasteiger partial charge in [-0.2, -0.15) is 0 Å². The molecule has 0 bridgehead atoms. The molecule has 0 saturated heterocycles. The highest BCUT2D eigenvalue weighted by atomic mass is 16.2. The predicted octanol–water partition coefficient (Wildman–Crippen LogP) is 1.27. The van der Waals surface area contributed by atoms with Gasteiger partial charge in [0.05, 0.1) is 6.04 Å². The Kier molecular flexibility index (Phi) is 5.71. The van der Waals surface area contributed by atoms with Gasteiger partial charge in [0, 0.05) is 6.04 Å². The molecule has 0 aromatic rings. The van der Waals surface area contributed by atoms with Crippen molar-refractivity contribution in [2.45, 2.75) is 52.6 Å². The molecule has 0 fully saturated rings. The molecule has 3 N–H and O–H groups in total. The van der Waals surface area contributed by atoms with E-state index in [9.17, 15) is 4.79 Å². The summed E-state index contributed by atoms with van der Waals surface area (Å²) in [6.07, 6.45) is 1.65. The molecular weight excluding hydrogens is 164 g/mol. The quantitative estimate of drug-likeness (QED) is 0.679. The number of hydrogen-bond donors (Lipinski definition) is 2. The van der Waals surface area contributed by atoms with Crippen molar-refractivity contribution in [1.82, 2.24) is 5.32 Å². The summed E-state index contributed by atoms with van der Waals surface area (Å²) in [5.41, 5.74) is 5.61. The Bertz CT molecular complexity index is 157. The predicted molar refractivity (Wildman–Crippen MR) is 55.3 cm³/mol. The van der Waals surface area contributed by atoms with E-state index in [4.69, 9.17) is 5.73 Å². The van der Waals surface area contributed by atoms with Crippen LogP contribution in [0.25, 0.3) is 0 Å². The van der Waals surface area contributed by atoms with Gasteiger partial charge in [0.2, 0.25) is 5.91 Å². The van der Waals surface area contributed by atoms with E-state index in [1.165, 1.54) is 0 Å². The minimum absolute atomic E-state index is 0.0250. The molecule has 0 heterocycles. The smallest absolute Gasteiger partial charge is 0.237 e. The number of hydrogen-bond acceptors (Lipinski definition) is 2. The molecule has 3 heteroatoms. The minimum Gasteiger partial charge on any atom is -0.352 e. The third-order valence-corrected chi connectivity index (χ3v) is 2.35. The fourth-order valence-electron chi connectivity index (χ4n) is 1.22. The summed E-state index contributed by atoms with van der Waals surface area (Å²) in [6.45, 7) is 8.20. The van der Waals surface area contributed by atoms with Crippen molar-refractivity contribution < 1.29 is 4.79 Å². The number of carbonyl (C=O) groups excluding carboxylic acids is 1. The van der Waals surface area contributed by atoms with Crippen LogP contribution in [0.4, 0.5) is 0 Å². The van der Waals surface area contributed by atoms with Crippen molar-refractivity contribution in [3.63, 3.8) is 0 Å². The molecule has 0 aromatic heterocycles. The van der Waals surface area contributed by atoms with Gasteiger partial charge in [-0.3, -0.25) is 4.79 Å². The van der Waals surface area contributed by atoms with E-state index >= 15 is 0 Å². The number of rotatable bonds is 5. The maximum atomic E-state index is 11.4. The average Bonchev–Trinajstić information content (AvgIpc) is 2.11. The Morgan fingerprint density at radius 3 is 2.15 bits per heavy atom. The molecule has 0 aromatic carbocycles. The second-order valence-corrected chi connectivity index (χ2v) is 3.78. The molecule has 0 aliphatic heterocycles. The normalized spacial score (nSPS) is 15.5. The summed E-state index contributed by atoms with van der Waals surface area (Å²) in [5, 5.41) is 2.95. The van der Waals surface area contributed by atoms with Crippen molar-refractivity contribution in [2.24, 2.45) is 11.7 Å². The van der Waals surface area contributed by atoms with Gasteiger partial charge in [0.15, 0.2) is 0 Å². The summed E-state index contributed by atoms with van der Waals surface area (Å²) in [7, 11) is 0. The molecule has 1 amide bonds. The zero-order chi connectivity index (χ0) is 10.4. The van der Waals surface area contributed by atoms with Crippen LogP contribution in [0.1, 0.15) is 40.5 Å². The van der Waals surface area contributed by atoms with Crippen LogP contribution in [0, 0.1) is 5.92 Å². The third kappa shape index (κ3) is 4.27. The molecule has 0 aliphatic rings. The summed E-state index contributed by atoms with van der Waals surface area (Å²) < 4.78 is 0. The summed E-state index contributed by atoms with van der Waals surface area (Å²) >= 11 is 0. The van der Waals surface area contributed by atoms with Crippen LogP contribution in [0.15, 0.2) is 0 Å². The Hall–Kier alpha value is -0.570. The maximum absolute atomic E-state index is 11.4. The molecule has 0 rings (SSSR count). The lowest BCUT2D eigenvalue weighted by Crippen LogP contribution is -2.46. The fourth-order valence-corrected chi connectivity index (χ4v) is 1.22. The molecule has 78 valence electrons.